The zero-order valence-electron chi connectivity index (χ0n) is 15.4. The first-order valence-electron chi connectivity index (χ1n) is 9.82. The molecule has 0 amide bonds. The standard InChI is InChI=1S/C22H20N4O2/c27-20-15-7-2-4-9-17(15)24-21-22(28,11-13-26(20)21)19-14-6-1-3-8-16(14)23-18-10-5-12-25(18)19/h1-4,6-9,19,28H,5,10-13H2/t19-,22+/m0/s1. The van der Waals surface area contributed by atoms with Gasteiger partial charge < -0.3 is 10.0 Å². The summed E-state index contributed by atoms with van der Waals surface area (Å²) >= 11 is 0. The SMILES string of the molecule is O=c1c2ccccc2nc2n1CC[C@@]2(O)[C@@H]1c2ccccc2N=C2CCCN21. The Morgan fingerprint density at radius 3 is 2.82 bits per heavy atom. The number of nitrogens with zero attached hydrogens (tertiary/aromatic N) is 4. The van der Waals surface area contributed by atoms with E-state index in [-0.39, 0.29) is 11.6 Å². The minimum absolute atomic E-state index is 0.0732. The van der Waals surface area contributed by atoms with Crippen LogP contribution in [0.2, 0.25) is 0 Å². The van der Waals surface area contributed by atoms with Crippen molar-refractivity contribution < 1.29 is 5.11 Å². The van der Waals surface area contributed by atoms with E-state index in [9.17, 15) is 9.90 Å². The van der Waals surface area contributed by atoms with Crippen LogP contribution in [0.3, 0.4) is 0 Å². The zero-order chi connectivity index (χ0) is 18.9. The fraction of sp³-hybridized carbons (Fsp3) is 0.318. The molecule has 1 saturated heterocycles. The van der Waals surface area contributed by atoms with Gasteiger partial charge in [0.15, 0.2) is 0 Å². The number of hydrogen-bond donors (Lipinski definition) is 1. The van der Waals surface area contributed by atoms with Crippen LogP contribution < -0.4 is 5.56 Å². The summed E-state index contributed by atoms with van der Waals surface area (Å²) in [6, 6.07) is 15.1. The van der Waals surface area contributed by atoms with Crippen molar-refractivity contribution in [2.75, 3.05) is 6.54 Å². The lowest BCUT2D eigenvalue weighted by Gasteiger charge is -2.42. The number of benzene rings is 2. The molecule has 3 aromatic rings. The second-order valence-corrected chi connectivity index (χ2v) is 7.87. The first-order chi connectivity index (χ1) is 13.7. The molecule has 1 aromatic heterocycles. The topological polar surface area (TPSA) is 70.7 Å². The van der Waals surface area contributed by atoms with Gasteiger partial charge in [0.25, 0.3) is 5.56 Å². The number of fused-ring (bicyclic) bond motifs is 4. The molecule has 0 unspecified atom stereocenters. The molecule has 140 valence electrons. The van der Waals surface area contributed by atoms with E-state index >= 15 is 0 Å². The second kappa shape index (κ2) is 5.52. The van der Waals surface area contributed by atoms with Gasteiger partial charge in [0, 0.05) is 31.5 Å². The van der Waals surface area contributed by atoms with Crippen molar-refractivity contribution in [3.63, 3.8) is 0 Å². The van der Waals surface area contributed by atoms with Gasteiger partial charge >= 0.3 is 0 Å². The van der Waals surface area contributed by atoms with Gasteiger partial charge in [-0.15, -0.1) is 0 Å². The number of aliphatic hydroxyl groups is 1. The Morgan fingerprint density at radius 1 is 1.07 bits per heavy atom. The van der Waals surface area contributed by atoms with Gasteiger partial charge in [0.05, 0.1) is 22.6 Å². The van der Waals surface area contributed by atoms with Crippen LogP contribution in [0.25, 0.3) is 10.9 Å². The normalized spacial score (nSPS) is 25.4. The van der Waals surface area contributed by atoms with Crippen molar-refractivity contribution in [1.82, 2.24) is 14.5 Å². The van der Waals surface area contributed by atoms with Crippen LogP contribution in [0.5, 0.6) is 0 Å². The summed E-state index contributed by atoms with van der Waals surface area (Å²) in [5.74, 6) is 1.50. The third-order valence-electron chi connectivity index (χ3n) is 6.34. The molecular weight excluding hydrogens is 352 g/mol. The van der Waals surface area contributed by atoms with Gasteiger partial charge in [-0.05, 0) is 24.6 Å². The predicted octanol–water partition coefficient (Wildman–Crippen LogP) is 2.87. The minimum Gasteiger partial charge on any atom is -0.379 e. The van der Waals surface area contributed by atoms with E-state index in [0.717, 1.165) is 36.5 Å². The highest BCUT2D eigenvalue weighted by molar-refractivity contribution is 5.89. The fourth-order valence-electron chi connectivity index (χ4n) is 5.08. The second-order valence-electron chi connectivity index (χ2n) is 7.87. The highest BCUT2D eigenvalue weighted by Crippen LogP contribution is 2.50. The minimum atomic E-state index is -1.23. The Bertz CT molecular complexity index is 1210. The van der Waals surface area contributed by atoms with Crippen LogP contribution in [-0.2, 0) is 12.1 Å². The Balaban J connectivity index is 1.61. The maximum Gasteiger partial charge on any atom is 0.261 e. The quantitative estimate of drug-likeness (QED) is 0.713. The summed E-state index contributed by atoms with van der Waals surface area (Å²) < 4.78 is 1.66. The van der Waals surface area contributed by atoms with E-state index in [1.165, 1.54) is 0 Å². The van der Waals surface area contributed by atoms with Crippen LogP contribution in [0, 0.1) is 0 Å². The van der Waals surface area contributed by atoms with Gasteiger partial charge in [-0.25, -0.2) is 9.98 Å². The molecule has 0 aliphatic carbocycles. The van der Waals surface area contributed by atoms with Crippen molar-refractivity contribution in [3.05, 3.63) is 70.3 Å². The van der Waals surface area contributed by atoms with Crippen LogP contribution in [0.15, 0.2) is 58.3 Å². The van der Waals surface area contributed by atoms with Gasteiger partial charge in [-0.2, -0.15) is 0 Å². The molecule has 3 aliphatic rings. The number of rotatable bonds is 1. The molecule has 0 spiro atoms. The lowest BCUT2D eigenvalue weighted by molar-refractivity contribution is -0.0354. The van der Waals surface area contributed by atoms with Crippen LogP contribution in [0.1, 0.15) is 36.7 Å². The summed E-state index contributed by atoms with van der Waals surface area (Å²) in [7, 11) is 0. The molecule has 0 bridgehead atoms. The van der Waals surface area contributed by atoms with E-state index in [1.807, 2.05) is 42.5 Å². The molecule has 6 nitrogen and oxygen atoms in total. The number of aromatic nitrogens is 2. The monoisotopic (exact) mass is 372 g/mol. The molecule has 3 aliphatic heterocycles. The van der Waals surface area contributed by atoms with Crippen molar-refractivity contribution in [3.8, 4) is 0 Å². The summed E-state index contributed by atoms with van der Waals surface area (Å²) in [4.78, 5) is 24.9. The van der Waals surface area contributed by atoms with Crippen molar-refractivity contribution in [2.24, 2.45) is 4.99 Å². The molecule has 6 heteroatoms. The summed E-state index contributed by atoms with van der Waals surface area (Å²) in [5, 5.41) is 12.6. The largest absolute Gasteiger partial charge is 0.379 e. The molecule has 0 radical (unpaired) electrons. The van der Waals surface area contributed by atoms with E-state index in [1.54, 1.807) is 10.6 Å². The number of amidine groups is 1. The van der Waals surface area contributed by atoms with Crippen molar-refractivity contribution in [1.29, 1.82) is 0 Å². The van der Waals surface area contributed by atoms with Crippen LogP contribution in [0.4, 0.5) is 5.69 Å². The van der Waals surface area contributed by atoms with E-state index in [2.05, 4.69) is 4.90 Å². The van der Waals surface area contributed by atoms with E-state index in [0.29, 0.717) is 29.7 Å². The average molecular weight is 372 g/mol. The van der Waals surface area contributed by atoms with Gasteiger partial charge in [-0.1, -0.05) is 30.3 Å². The number of aliphatic imine (C=N–C) groups is 1. The van der Waals surface area contributed by atoms with Crippen molar-refractivity contribution in [2.45, 2.75) is 37.5 Å². The summed E-state index contributed by atoms with van der Waals surface area (Å²) in [6.45, 7) is 1.33. The third kappa shape index (κ3) is 1.98. The van der Waals surface area contributed by atoms with Crippen LogP contribution in [-0.4, -0.2) is 31.9 Å². The lowest BCUT2D eigenvalue weighted by Crippen LogP contribution is -2.46. The average Bonchev–Trinajstić information content (AvgIpc) is 3.31. The Hall–Kier alpha value is -2.99. The molecule has 2 aromatic carbocycles. The molecule has 0 saturated carbocycles. The van der Waals surface area contributed by atoms with Gasteiger partial charge in [0.2, 0.25) is 0 Å². The highest BCUT2D eigenvalue weighted by atomic mass is 16.3. The molecule has 28 heavy (non-hydrogen) atoms. The molecule has 4 heterocycles. The summed E-state index contributed by atoms with van der Waals surface area (Å²) in [5.41, 5.74) is 1.25. The van der Waals surface area contributed by atoms with Gasteiger partial charge in [-0.3, -0.25) is 9.36 Å². The maximum absolute atomic E-state index is 13.0. The summed E-state index contributed by atoms with van der Waals surface area (Å²) in [6.07, 6.45) is 2.41. The predicted molar refractivity (Wildman–Crippen MR) is 107 cm³/mol. The molecule has 1 fully saturated rings. The Morgan fingerprint density at radius 2 is 1.89 bits per heavy atom. The number of hydrogen-bond acceptors (Lipinski definition) is 5. The molecular formula is C22H20N4O2. The first kappa shape index (κ1) is 16.0. The Labute approximate surface area is 161 Å². The Kier molecular flexibility index (Phi) is 3.15. The van der Waals surface area contributed by atoms with Crippen LogP contribution >= 0.6 is 0 Å². The molecule has 6 rings (SSSR count). The maximum atomic E-state index is 13.0. The molecule has 1 N–H and O–H groups in total. The first-order valence-corrected chi connectivity index (χ1v) is 9.82. The third-order valence-corrected chi connectivity index (χ3v) is 6.34. The van der Waals surface area contributed by atoms with E-state index < -0.39 is 5.60 Å². The van der Waals surface area contributed by atoms with Crippen molar-refractivity contribution >= 4 is 22.4 Å². The van der Waals surface area contributed by atoms with E-state index in [4.69, 9.17) is 9.98 Å². The highest BCUT2D eigenvalue weighted by Gasteiger charge is 2.52. The number of para-hydroxylation sites is 2. The lowest BCUT2D eigenvalue weighted by atomic mass is 9.84. The molecule has 2 atom stereocenters. The zero-order valence-corrected chi connectivity index (χ0v) is 15.4. The van der Waals surface area contributed by atoms with Gasteiger partial charge in [0.1, 0.15) is 17.3 Å². The fourth-order valence-corrected chi connectivity index (χ4v) is 5.08. The smallest absolute Gasteiger partial charge is 0.261 e.